The molecular formula is C18H37HfN3. The molecular weight excluding hydrogens is 437 g/mol. The van der Waals surface area contributed by atoms with E-state index in [0.29, 0.717) is 0 Å². The van der Waals surface area contributed by atoms with E-state index in [1.165, 1.54) is 22.3 Å². The first-order chi connectivity index (χ1) is 9.87. The van der Waals surface area contributed by atoms with Gasteiger partial charge >= 0.3 is 25.8 Å². The van der Waals surface area contributed by atoms with Gasteiger partial charge in [-0.25, -0.2) is 0 Å². The molecule has 0 aliphatic heterocycles. The second-order valence-electron chi connectivity index (χ2n) is 4.66. The fourth-order valence-corrected chi connectivity index (χ4v) is 1.13. The van der Waals surface area contributed by atoms with Crippen LogP contribution < -0.4 is 0 Å². The molecule has 1 rings (SSSR count). The SMILES string of the molecule is CC[N-]C.CC[N-]C.CC[N-]C.Cc1c[c-](C)c(C)c1C.[Hf+4]. The van der Waals surface area contributed by atoms with Crippen LogP contribution in [0.15, 0.2) is 6.07 Å². The molecule has 0 saturated heterocycles. The summed E-state index contributed by atoms with van der Waals surface area (Å²) in [6.45, 7) is 17.6. The van der Waals surface area contributed by atoms with Crippen LogP contribution in [0.5, 0.6) is 0 Å². The summed E-state index contributed by atoms with van der Waals surface area (Å²) in [5.74, 6) is 0. The van der Waals surface area contributed by atoms with E-state index in [4.69, 9.17) is 0 Å². The average Bonchev–Trinajstić information content (AvgIpc) is 2.74. The zero-order valence-electron chi connectivity index (χ0n) is 16.5. The van der Waals surface area contributed by atoms with E-state index in [1.54, 1.807) is 21.1 Å². The van der Waals surface area contributed by atoms with Crippen molar-refractivity contribution in [3.8, 4) is 0 Å². The molecule has 128 valence electrons. The first kappa shape index (κ1) is 30.0. The summed E-state index contributed by atoms with van der Waals surface area (Å²) in [5.41, 5.74) is 5.75. The third kappa shape index (κ3) is 20.1. The summed E-state index contributed by atoms with van der Waals surface area (Å²) in [4.78, 5) is 0. The van der Waals surface area contributed by atoms with Crippen molar-refractivity contribution < 1.29 is 25.8 Å². The molecule has 0 amide bonds. The van der Waals surface area contributed by atoms with Crippen LogP contribution in [0.4, 0.5) is 0 Å². The van der Waals surface area contributed by atoms with E-state index in [1.807, 2.05) is 20.8 Å². The van der Waals surface area contributed by atoms with Gasteiger partial charge in [-0.05, 0) is 0 Å². The van der Waals surface area contributed by atoms with Gasteiger partial charge in [0.05, 0.1) is 0 Å². The molecule has 1 aromatic rings. The Kier molecular flexibility index (Phi) is 31.9. The van der Waals surface area contributed by atoms with Crippen molar-refractivity contribution >= 4 is 0 Å². The largest absolute Gasteiger partial charge is 4.00 e. The van der Waals surface area contributed by atoms with Gasteiger partial charge in [0.15, 0.2) is 0 Å². The number of nitrogens with zero attached hydrogens (tertiary/aromatic N) is 3. The van der Waals surface area contributed by atoms with Gasteiger partial charge in [-0.3, -0.25) is 0 Å². The molecule has 0 spiro atoms. The van der Waals surface area contributed by atoms with Gasteiger partial charge in [0.1, 0.15) is 0 Å². The Morgan fingerprint density at radius 3 is 1.14 bits per heavy atom. The topological polar surface area (TPSA) is 42.3 Å². The zero-order chi connectivity index (χ0) is 17.3. The van der Waals surface area contributed by atoms with Crippen molar-refractivity contribution in [1.82, 2.24) is 0 Å². The molecule has 0 saturated carbocycles. The fourth-order valence-electron chi connectivity index (χ4n) is 1.13. The van der Waals surface area contributed by atoms with Gasteiger partial charge in [0.2, 0.25) is 0 Å². The van der Waals surface area contributed by atoms with Gasteiger partial charge in [0, 0.05) is 0 Å². The number of aryl methyl sites for hydroxylation is 2. The van der Waals surface area contributed by atoms with Crippen molar-refractivity contribution in [2.45, 2.75) is 48.5 Å². The minimum atomic E-state index is 0. The van der Waals surface area contributed by atoms with Gasteiger partial charge in [-0.15, -0.1) is 0 Å². The van der Waals surface area contributed by atoms with Crippen molar-refractivity contribution in [3.63, 3.8) is 0 Å². The molecule has 0 unspecified atom stereocenters. The number of hydrogen-bond acceptors (Lipinski definition) is 0. The molecule has 0 atom stereocenters. The van der Waals surface area contributed by atoms with Gasteiger partial charge in [-0.2, -0.15) is 69.1 Å². The molecule has 0 heterocycles. The molecule has 4 heteroatoms. The number of hydrogen-bond donors (Lipinski definition) is 0. The third-order valence-corrected chi connectivity index (χ3v) is 3.13. The quantitative estimate of drug-likeness (QED) is 0.401. The first-order valence-electron chi connectivity index (χ1n) is 7.74. The molecule has 0 bridgehead atoms. The molecule has 0 radical (unpaired) electrons. The minimum Gasteiger partial charge on any atom is -0.665 e. The Bertz CT molecular complexity index is 272. The standard InChI is InChI=1S/C9H13.3C3H8N.Hf/c1-6-5-7(2)9(4)8(6)3;3*1-3-4-2;/h5H,1-4H3;3*3H2,1-2H3;/q4*-1;+4. The maximum Gasteiger partial charge on any atom is 4.00 e. The van der Waals surface area contributed by atoms with E-state index >= 15 is 0 Å². The predicted molar refractivity (Wildman–Crippen MR) is 100 cm³/mol. The summed E-state index contributed by atoms with van der Waals surface area (Å²) in [5, 5.41) is 11.2. The Balaban J connectivity index is -0.000000107. The smallest absolute Gasteiger partial charge is 0.665 e. The van der Waals surface area contributed by atoms with Crippen LogP contribution in [-0.4, -0.2) is 40.8 Å². The zero-order valence-corrected chi connectivity index (χ0v) is 20.1. The van der Waals surface area contributed by atoms with E-state index in [9.17, 15) is 0 Å². The van der Waals surface area contributed by atoms with E-state index < -0.39 is 0 Å². The molecule has 1 aromatic carbocycles. The van der Waals surface area contributed by atoms with E-state index in [2.05, 4.69) is 49.7 Å². The minimum absolute atomic E-state index is 0. The summed E-state index contributed by atoms with van der Waals surface area (Å²) in [6, 6.07) is 2.24. The summed E-state index contributed by atoms with van der Waals surface area (Å²) in [7, 11) is 5.42. The van der Waals surface area contributed by atoms with Crippen LogP contribution in [0.3, 0.4) is 0 Å². The second-order valence-corrected chi connectivity index (χ2v) is 4.66. The van der Waals surface area contributed by atoms with Crippen molar-refractivity contribution in [2.75, 3.05) is 40.8 Å². The first-order valence-corrected chi connectivity index (χ1v) is 7.74. The van der Waals surface area contributed by atoms with Crippen LogP contribution in [0.25, 0.3) is 16.0 Å². The van der Waals surface area contributed by atoms with Crippen LogP contribution in [0, 0.1) is 27.7 Å². The van der Waals surface area contributed by atoms with Gasteiger partial charge in [-0.1, -0.05) is 48.5 Å². The van der Waals surface area contributed by atoms with Gasteiger partial charge < -0.3 is 16.0 Å². The summed E-state index contributed by atoms with van der Waals surface area (Å²) in [6.07, 6.45) is 0. The summed E-state index contributed by atoms with van der Waals surface area (Å²) >= 11 is 0. The molecule has 0 N–H and O–H groups in total. The van der Waals surface area contributed by atoms with Crippen LogP contribution in [-0.2, 0) is 25.8 Å². The maximum absolute atomic E-state index is 3.74. The molecule has 0 aliphatic rings. The van der Waals surface area contributed by atoms with Crippen LogP contribution in [0.2, 0.25) is 0 Å². The predicted octanol–water partition coefficient (Wildman–Crippen LogP) is 5.67. The number of rotatable bonds is 3. The van der Waals surface area contributed by atoms with Crippen molar-refractivity contribution in [2.24, 2.45) is 0 Å². The Labute approximate surface area is 159 Å². The monoisotopic (exact) mass is 475 g/mol. The van der Waals surface area contributed by atoms with Crippen LogP contribution in [0.1, 0.15) is 43.0 Å². The fraction of sp³-hybridized carbons (Fsp3) is 0.722. The molecule has 0 aliphatic carbocycles. The van der Waals surface area contributed by atoms with Crippen molar-refractivity contribution in [1.29, 1.82) is 0 Å². The average molecular weight is 474 g/mol. The van der Waals surface area contributed by atoms with Gasteiger partial charge in [0.25, 0.3) is 0 Å². The summed E-state index contributed by atoms with van der Waals surface area (Å²) < 4.78 is 0. The Morgan fingerprint density at radius 1 is 0.818 bits per heavy atom. The van der Waals surface area contributed by atoms with Crippen molar-refractivity contribution in [3.05, 3.63) is 44.3 Å². The molecule has 3 nitrogen and oxygen atoms in total. The normalized spacial score (nSPS) is 8.27. The Hall–Kier alpha value is 0.100. The van der Waals surface area contributed by atoms with E-state index in [0.717, 1.165) is 19.6 Å². The molecule has 0 aromatic heterocycles. The Morgan fingerprint density at radius 2 is 1.09 bits per heavy atom. The van der Waals surface area contributed by atoms with Crippen LogP contribution >= 0.6 is 0 Å². The second kappa shape index (κ2) is 23.4. The van der Waals surface area contributed by atoms with E-state index in [-0.39, 0.29) is 25.8 Å². The molecule has 22 heavy (non-hydrogen) atoms. The third-order valence-electron chi connectivity index (χ3n) is 3.13. The maximum atomic E-state index is 3.74. The molecule has 0 fully saturated rings.